The first-order chi connectivity index (χ1) is 16.7. The van der Waals surface area contributed by atoms with Gasteiger partial charge in [0, 0.05) is 0 Å². The van der Waals surface area contributed by atoms with Gasteiger partial charge in [0.1, 0.15) is 17.1 Å². The number of hydrogen-bond acceptors (Lipinski definition) is 6. The first-order valence-corrected chi connectivity index (χ1v) is 11.3. The lowest BCUT2D eigenvalue weighted by molar-refractivity contribution is 0.529. The van der Waals surface area contributed by atoms with E-state index in [0.717, 1.165) is 18.5 Å². The highest BCUT2D eigenvalue weighted by molar-refractivity contribution is 5.83. The van der Waals surface area contributed by atoms with Crippen molar-refractivity contribution < 1.29 is 0 Å². The number of nitrogens with one attached hydrogen (secondary N) is 1. The van der Waals surface area contributed by atoms with Crippen LogP contribution >= 0.6 is 0 Å². The molecule has 0 aliphatic carbocycles. The number of pyridine rings is 3. The number of allylic oxidation sites excluding steroid dienone is 4. The van der Waals surface area contributed by atoms with Crippen molar-refractivity contribution in [3.8, 4) is 23.5 Å². The molecule has 0 aromatic carbocycles. The first-order valence-electron chi connectivity index (χ1n) is 11.3. The lowest BCUT2D eigenvalue weighted by Gasteiger charge is -2.27. The van der Waals surface area contributed by atoms with Crippen LogP contribution in [0.1, 0.15) is 49.0 Å². The van der Waals surface area contributed by atoms with Gasteiger partial charge in [0.05, 0.1) is 51.6 Å². The average molecular weight is 443 g/mol. The number of fused-ring (bicyclic) bond motifs is 10. The molecule has 6 heteroatoms. The summed E-state index contributed by atoms with van der Waals surface area (Å²) in [5.74, 6) is 0. The monoisotopic (exact) mass is 442 g/mol. The van der Waals surface area contributed by atoms with Crippen molar-refractivity contribution in [2.45, 2.75) is 31.6 Å². The topological polar surface area (TPSA) is 98.3 Å². The van der Waals surface area contributed by atoms with E-state index in [4.69, 9.17) is 15.0 Å². The van der Waals surface area contributed by atoms with Crippen molar-refractivity contribution in [2.75, 3.05) is 0 Å². The quantitative estimate of drug-likeness (QED) is 0.592. The second kappa shape index (κ2) is 8.77. The molecule has 3 aromatic heterocycles. The summed E-state index contributed by atoms with van der Waals surface area (Å²) in [7, 11) is 0. The zero-order valence-electron chi connectivity index (χ0n) is 18.8. The Bertz CT molecular complexity index is 1450. The average Bonchev–Trinajstić information content (AvgIpc) is 2.90. The molecular formula is C28H22N6. The summed E-state index contributed by atoms with van der Waals surface area (Å²) in [5.41, 5.74) is 4.69. The SMILES string of the molecule is CCCC[C@@]1(C#N)c2cccc(n2)C2=CC=C/C(=C(\C#N)c3cccc(n3)-c3cccc1n3)N2. The van der Waals surface area contributed by atoms with Crippen LogP contribution in [0.5, 0.6) is 0 Å². The molecule has 0 radical (unpaired) electrons. The molecule has 0 amide bonds. The van der Waals surface area contributed by atoms with Gasteiger partial charge in [-0.1, -0.05) is 44.0 Å². The van der Waals surface area contributed by atoms with Gasteiger partial charge in [0.2, 0.25) is 0 Å². The lowest BCUT2D eigenvalue weighted by Crippen LogP contribution is -2.29. The van der Waals surface area contributed by atoms with Gasteiger partial charge in [0.25, 0.3) is 0 Å². The Kier molecular flexibility index (Phi) is 5.49. The van der Waals surface area contributed by atoms with Crippen LogP contribution in [0.4, 0.5) is 0 Å². The Labute approximate surface area is 198 Å². The van der Waals surface area contributed by atoms with Gasteiger partial charge in [0.15, 0.2) is 0 Å². The largest absolute Gasteiger partial charge is 0.353 e. The number of unbranched alkanes of at least 4 members (excludes halogenated alkanes) is 1. The van der Waals surface area contributed by atoms with Crippen LogP contribution in [0.25, 0.3) is 22.7 Å². The molecule has 164 valence electrons. The Morgan fingerprint density at radius 1 is 0.853 bits per heavy atom. The summed E-state index contributed by atoms with van der Waals surface area (Å²) in [6.07, 6.45) is 8.08. The molecule has 1 N–H and O–H groups in total. The summed E-state index contributed by atoms with van der Waals surface area (Å²) in [6.45, 7) is 2.11. The molecule has 34 heavy (non-hydrogen) atoms. The van der Waals surface area contributed by atoms with Crippen LogP contribution in [0.15, 0.2) is 78.5 Å². The van der Waals surface area contributed by atoms with Crippen molar-refractivity contribution >= 4 is 11.3 Å². The fourth-order valence-corrected chi connectivity index (χ4v) is 4.37. The third-order valence-electron chi connectivity index (χ3n) is 6.19. The highest BCUT2D eigenvalue weighted by Gasteiger charge is 2.38. The predicted molar refractivity (Wildman–Crippen MR) is 130 cm³/mol. The van der Waals surface area contributed by atoms with E-state index < -0.39 is 5.41 Å². The summed E-state index contributed by atoms with van der Waals surface area (Å²) in [4.78, 5) is 14.6. The molecule has 0 saturated carbocycles. The normalized spacial score (nSPS) is 20.3. The maximum Gasteiger partial charge on any atom is 0.141 e. The number of dihydropyridines is 1. The van der Waals surface area contributed by atoms with Gasteiger partial charge < -0.3 is 5.32 Å². The first kappa shape index (κ1) is 21.3. The van der Waals surface area contributed by atoms with E-state index in [1.807, 2.05) is 72.8 Å². The molecule has 2 aliphatic rings. The molecule has 1 atom stereocenters. The maximum absolute atomic E-state index is 10.6. The van der Waals surface area contributed by atoms with Crippen LogP contribution in [-0.4, -0.2) is 15.0 Å². The molecule has 5 heterocycles. The number of rotatable bonds is 3. The molecule has 6 nitrogen and oxygen atoms in total. The minimum absolute atomic E-state index is 0.433. The smallest absolute Gasteiger partial charge is 0.141 e. The highest BCUT2D eigenvalue weighted by Crippen LogP contribution is 2.37. The Hall–Kier alpha value is -4.55. The van der Waals surface area contributed by atoms with E-state index in [1.165, 1.54) is 0 Å². The van der Waals surface area contributed by atoms with E-state index in [9.17, 15) is 10.5 Å². The fourth-order valence-electron chi connectivity index (χ4n) is 4.37. The summed E-state index contributed by atoms with van der Waals surface area (Å²) in [5, 5.41) is 23.9. The molecule has 0 unspecified atom stereocenters. The number of nitriles is 2. The standard InChI is InChI=1S/C28H22N6/c1-2-3-16-28(18-30)26-14-6-12-24(33-26)22-10-4-8-20(31-22)19(17-29)21-9-5-11-23(32-21)25-13-7-15-27(28)34-25/h4-15,31H,2-3,16H2,1H3/b20-19-/t28-/m1/s1. The van der Waals surface area contributed by atoms with Crippen molar-refractivity contribution in [1.29, 1.82) is 10.5 Å². The van der Waals surface area contributed by atoms with E-state index in [-0.39, 0.29) is 0 Å². The molecule has 3 aromatic rings. The molecule has 0 saturated heterocycles. The second-order valence-electron chi connectivity index (χ2n) is 8.31. The van der Waals surface area contributed by atoms with Crippen molar-refractivity contribution in [2.24, 2.45) is 0 Å². The summed E-state index contributed by atoms with van der Waals surface area (Å²) < 4.78 is 0. The Morgan fingerprint density at radius 3 is 2.21 bits per heavy atom. The van der Waals surface area contributed by atoms with E-state index in [0.29, 0.717) is 51.9 Å². The van der Waals surface area contributed by atoms with Crippen molar-refractivity contribution in [3.63, 3.8) is 0 Å². The third-order valence-corrected chi connectivity index (χ3v) is 6.19. The van der Waals surface area contributed by atoms with Crippen molar-refractivity contribution in [1.82, 2.24) is 20.3 Å². The van der Waals surface area contributed by atoms with E-state index in [1.54, 1.807) is 0 Å². The maximum atomic E-state index is 10.6. The molecule has 8 bridgehead atoms. The minimum atomic E-state index is -0.995. The van der Waals surface area contributed by atoms with Crippen LogP contribution in [0.3, 0.4) is 0 Å². The van der Waals surface area contributed by atoms with E-state index >= 15 is 0 Å². The fraction of sp³-hybridized carbons (Fsp3) is 0.179. The van der Waals surface area contributed by atoms with Gasteiger partial charge in [-0.2, -0.15) is 10.5 Å². The molecule has 2 aliphatic heterocycles. The lowest BCUT2D eigenvalue weighted by atomic mass is 9.77. The number of aromatic nitrogens is 3. The van der Waals surface area contributed by atoms with Gasteiger partial charge in [-0.3, -0.25) is 0 Å². The predicted octanol–water partition coefficient (Wildman–Crippen LogP) is 5.29. The van der Waals surface area contributed by atoms with Crippen LogP contribution < -0.4 is 5.32 Å². The van der Waals surface area contributed by atoms with Gasteiger partial charge in [-0.15, -0.1) is 0 Å². The molecule has 5 rings (SSSR count). The third kappa shape index (κ3) is 3.56. The zero-order chi connectivity index (χ0) is 23.5. The van der Waals surface area contributed by atoms with Gasteiger partial charge in [-0.05, 0) is 55.0 Å². The van der Waals surface area contributed by atoms with Crippen LogP contribution in [0.2, 0.25) is 0 Å². The number of hydrogen-bond donors (Lipinski definition) is 1. The van der Waals surface area contributed by atoms with Gasteiger partial charge >= 0.3 is 0 Å². The summed E-state index contributed by atoms with van der Waals surface area (Å²) in [6, 6.07) is 21.8. The number of nitrogens with zero attached hydrogens (tertiary/aromatic N) is 5. The molecule has 0 spiro atoms. The minimum Gasteiger partial charge on any atom is -0.353 e. The zero-order valence-corrected chi connectivity index (χ0v) is 18.8. The highest BCUT2D eigenvalue weighted by atomic mass is 14.9. The molecular weight excluding hydrogens is 420 g/mol. The van der Waals surface area contributed by atoms with Crippen LogP contribution in [-0.2, 0) is 5.41 Å². The van der Waals surface area contributed by atoms with Crippen molar-refractivity contribution in [3.05, 3.63) is 101 Å². The molecule has 0 fully saturated rings. The van der Waals surface area contributed by atoms with Crippen LogP contribution in [0, 0.1) is 22.7 Å². The van der Waals surface area contributed by atoms with E-state index in [2.05, 4.69) is 24.4 Å². The second-order valence-corrected chi connectivity index (χ2v) is 8.31. The Balaban J connectivity index is 1.84. The van der Waals surface area contributed by atoms with Gasteiger partial charge in [-0.25, -0.2) is 15.0 Å². The Morgan fingerprint density at radius 2 is 1.50 bits per heavy atom. The summed E-state index contributed by atoms with van der Waals surface area (Å²) >= 11 is 0.